The molecule has 11 heteroatoms. The molecule has 0 aromatic heterocycles. The highest BCUT2D eigenvalue weighted by Crippen LogP contribution is 2.33. The van der Waals surface area contributed by atoms with Crippen LogP contribution in [0.5, 0.6) is 0 Å². The van der Waals surface area contributed by atoms with Gasteiger partial charge in [0.25, 0.3) is 0 Å². The summed E-state index contributed by atoms with van der Waals surface area (Å²) in [5, 5.41) is 0. The molecule has 0 amide bonds. The molecule has 0 bridgehead atoms. The van der Waals surface area contributed by atoms with Gasteiger partial charge in [-0.2, -0.15) is 0 Å². The molecule has 0 radical (unpaired) electrons. The lowest BCUT2D eigenvalue weighted by molar-refractivity contribution is -0.150. The zero-order valence-electron chi connectivity index (χ0n) is 25.8. The Morgan fingerprint density at radius 3 is 1.19 bits per heavy atom. The third-order valence-electron chi connectivity index (χ3n) is 7.62. The van der Waals surface area contributed by atoms with Crippen molar-refractivity contribution in [3.8, 4) is 0 Å². The predicted molar refractivity (Wildman–Crippen MR) is 161 cm³/mol. The monoisotopic (exact) mass is 594 g/mol. The molecule has 0 aliphatic carbocycles. The van der Waals surface area contributed by atoms with Gasteiger partial charge in [0, 0.05) is 24.0 Å². The highest BCUT2D eigenvalue weighted by Gasteiger charge is 2.43. The molecule has 2 aliphatic heterocycles. The van der Waals surface area contributed by atoms with Crippen LogP contribution in [0.4, 0.5) is 0 Å². The summed E-state index contributed by atoms with van der Waals surface area (Å²) in [5.41, 5.74) is 0.520. The first-order valence-electron chi connectivity index (χ1n) is 14.5. The summed E-state index contributed by atoms with van der Waals surface area (Å²) in [5.74, 6) is 0. The summed E-state index contributed by atoms with van der Waals surface area (Å²) in [6.07, 6.45) is 4.32. The van der Waals surface area contributed by atoms with E-state index in [-0.39, 0.29) is 10.8 Å². The lowest BCUT2D eigenvalue weighted by Gasteiger charge is -2.41. The Bertz CT molecular complexity index is 613. The summed E-state index contributed by atoms with van der Waals surface area (Å²) in [4.78, 5) is 0. The van der Waals surface area contributed by atoms with Crippen molar-refractivity contribution < 1.29 is 31.3 Å². The predicted octanol–water partition coefficient (Wildman–Crippen LogP) is 6.52. The zero-order chi connectivity index (χ0) is 27.8. The van der Waals surface area contributed by atoms with Crippen LogP contribution in [0.3, 0.4) is 0 Å². The molecule has 0 N–H and O–H groups in total. The first-order chi connectivity index (χ1) is 17.1. The van der Waals surface area contributed by atoms with E-state index in [1.165, 1.54) is 0 Å². The van der Waals surface area contributed by atoms with E-state index in [0.717, 1.165) is 90.6 Å². The maximum absolute atomic E-state index is 6.77. The van der Waals surface area contributed by atoms with E-state index in [0.29, 0.717) is 0 Å². The average Bonchev–Trinajstić information content (AvgIpc) is 2.68. The van der Waals surface area contributed by atoms with Crippen molar-refractivity contribution >= 4 is 33.8 Å². The molecule has 0 saturated carbocycles. The number of ether oxygens (including phenoxy) is 4. The fourth-order valence-electron chi connectivity index (χ4n) is 5.40. The minimum Gasteiger partial charge on any atom is -0.436 e. The Labute approximate surface area is 232 Å². The molecule has 37 heavy (non-hydrogen) atoms. The maximum Gasteiger partial charge on any atom is 0.312 e. The van der Waals surface area contributed by atoms with Gasteiger partial charge in [0.15, 0.2) is 16.6 Å². The molecule has 0 aromatic carbocycles. The van der Waals surface area contributed by atoms with E-state index in [9.17, 15) is 0 Å². The lowest BCUT2D eigenvalue weighted by Crippen LogP contribution is -2.56. The fraction of sp³-hybridized carbons (Fsp3) is 1.00. The molecule has 2 rings (SSSR count). The fourth-order valence-corrected chi connectivity index (χ4v) is 24.7. The van der Waals surface area contributed by atoms with Crippen LogP contribution in [0.1, 0.15) is 39.5 Å². The van der Waals surface area contributed by atoms with E-state index < -0.39 is 33.8 Å². The molecule has 220 valence electrons. The van der Waals surface area contributed by atoms with Gasteiger partial charge >= 0.3 is 17.1 Å². The van der Waals surface area contributed by atoms with Crippen LogP contribution in [-0.4, -0.2) is 86.6 Å². The molecule has 0 unspecified atom stereocenters. The van der Waals surface area contributed by atoms with Gasteiger partial charge in [0.1, 0.15) is 0 Å². The Morgan fingerprint density at radius 2 is 0.919 bits per heavy atom. The van der Waals surface area contributed by atoms with Gasteiger partial charge in [-0.3, -0.25) is 0 Å². The molecule has 2 heterocycles. The Balaban J connectivity index is 1.68. The van der Waals surface area contributed by atoms with E-state index >= 15 is 0 Å². The van der Waals surface area contributed by atoms with Crippen LogP contribution >= 0.6 is 0 Å². The third kappa shape index (κ3) is 11.9. The quantitative estimate of drug-likeness (QED) is 0.117. The largest absolute Gasteiger partial charge is 0.436 e. The second kappa shape index (κ2) is 14.0. The maximum atomic E-state index is 6.77. The highest BCUT2D eigenvalue weighted by atomic mass is 28.5. The van der Waals surface area contributed by atoms with Crippen molar-refractivity contribution in [3.63, 3.8) is 0 Å². The minimum atomic E-state index is -2.31. The molecule has 0 aromatic rings. The Hall–Kier alpha value is 0.588. The molecule has 0 spiro atoms. The SMILES string of the molecule is CCC1(COCCC[Si](C)(C)O[Si](C)(C)O[Si](C)(C)O[Si](C)(C)CCCOCC2(CC)COC2)COC1. The number of rotatable bonds is 20. The zero-order valence-corrected chi connectivity index (χ0v) is 29.8. The topological polar surface area (TPSA) is 64.6 Å². The van der Waals surface area contributed by atoms with Crippen LogP contribution in [-0.2, 0) is 31.3 Å². The summed E-state index contributed by atoms with van der Waals surface area (Å²) in [6.45, 7) is 29.0. The molecule has 2 aliphatic rings. The van der Waals surface area contributed by atoms with Gasteiger partial charge in [-0.1, -0.05) is 13.8 Å². The van der Waals surface area contributed by atoms with Crippen molar-refractivity contribution in [1.82, 2.24) is 0 Å². The normalized spacial score (nSPS) is 19.9. The summed E-state index contributed by atoms with van der Waals surface area (Å²) >= 11 is 0. The van der Waals surface area contributed by atoms with Crippen molar-refractivity contribution in [3.05, 3.63) is 0 Å². The van der Waals surface area contributed by atoms with Crippen molar-refractivity contribution in [2.75, 3.05) is 52.9 Å². The van der Waals surface area contributed by atoms with E-state index in [2.05, 4.69) is 66.2 Å². The lowest BCUT2D eigenvalue weighted by atomic mass is 9.84. The standard InChI is InChI=1S/C26H58O7Si4/c1-11-25(21-29-22-25)19-27-15-13-17-34(3,4)31-36(7,8)33-37(9,10)32-35(5,6)18-14-16-28-20-26(12-2)23-30-24-26/h11-24H2,1-10H3. The smallest absolute Gasteiger partial charge is 0.312 e. The van der Waals surface area contributed by atoms with E-state index in [1.54, 1.807) is 0 Å². The van der Waals surface area contributed by atoms with Gasteiger partial charge in [-0.25, -0.2) is 0 Å². The summed E-state index contributed by atoms with van der Waals surface area (Å²) in [7, 11) is -8.35. The molecule has 7 nitrogen and oxygen atoms in total. The van der Waals surface area contributed by atoms with Gasteiger partial charge < -0.3 is 31.3 Å². The van der Waals surface area contributed by atoms with Crippen LogP contribution in [0.15, 0.2) is 0 Å². The second-order valence-electron chi connectivity index (χ2n) is 13.6. The Kier molecular flexibility index (Phi) is 12.8. The van der Waals surface area contributed by atoms with E-state index in [4.69, 9.17) is 31.3 Å². The summed E-state index contributed by atoms with van der Waals surface area (Å²) < 4.78 is 43.1. The Morgan fingerprint density at radius 1 is 0.568 bits per heavy atom. The van der Waals surface area contributed by atoms with Gasteiger partial charge in [-0.15, -0.1) is 0 Å². The van der Waals surface area contributed by atoms with Gasteiger partial charge in [-0.05, 0) is 90.1 Å². The average molecular weight is 595 g/mol. The van der Waals surface area contributed by atoms with Crippen molar-refractivity contribution in [2.24, 2.45) is 10.8 Å². The second-order valence-corrected chi connectivity index (χ2v) is 29.7. The molecule has 0 atom stereocenters. The van der Waals surface area contributed by atoms with Crippen LogP contribution in [0.2, 0.25) is 64.5 Å². The minimum absolute atomic E-state index is 0.260. The number of hydrogen-bond donors (Lipinski definition) is 0. The van der Waals surface area contributed by atoms with Crippen LogP contribution < -0.4 is 0 Å². The van der Waals surface area contributed by atoms with Gasteiger partial charge in [0.05, 0.1) is 39.6 Å². The van der Waals surface area contributed by atoms with Crippen LogP contribution in [0, 0.1) is 10.8 Å². The summed E-state index contributed by atoms with van der Waals surface area (Å²) in [6, 6.07) is 2.16. The third-order valence-corrected chi connectivity index (χ3v) is 23.0. The first-order valence-corrected chi connectivity index (χ1v) is 26.3. The number of hydrogen-bond acceptors (Lipinski definition) is 7. The van der Waals surface area contributed by atoms with E-state index in [1.807, 2.05) is 0 Å². The first kappa shape index (κ1) is 33.8. The molecular formula is C26H58O7Si4. The molecule has 2 saturated heterocycles. The molecular weight excluding hydrogens is 537 g/mol. The van der Waals surface area contributed by atoms with Gasteiger partial charge in [0.2, 0.25) is 0 Å². The molecule has 2 fully saturated rings. The highest BCUT2D eigenvalue weighted by molar-refractivity contribution is 6.89. The van der Waals surface area contributed by atoms with Crippen LogP contribution in [0.25, 0.3) is 0 Å². The van der Waals surface area contributed by atoms with Crippen molar-refractivity contribution in [1.29, 1.82) is 0 Å². The van der Waals surface area contributed by atoms with Crippen molar-refractivity contribution in [2.45, 2.75) is 104 Å².